The topological polar surface area (TPSA) is 70.2 Å². The molecule has 20 heavy (non-hydrogen) atoms. The molecule has 1 unspecified atom stereocenters. The molecule has 0 spiro atoms. The molecule has 1 aromatic carbocycles. The van der Waals surface area contributed by atoms with Gasteiger partial charge in [-0.3, -0.25) is 9.59 Å². The molecule has 1 aromatic rings. The lowest BCUT2D eigenvalue weighted by Gasteiger charge is -2.18. The fourth-order valence-corrected chi connectivity index (χ4v) is 1.90. The summed E-state index contributed by atoms with van der Waals surface area (Å²) in [4.78, 5) is 23.1. The van der Waals surface area contributed by atoms with E-state index in [2.05, 4.69) is 16.0 Å². The molecule has 1 rings (SSSR count). The van der Waals surface area contributed by atoms with Crippen LogP contribution in [0.2, 0.25) is 5.02 Å². The standard InChI is InChI=1S/C14H20ClN3O2/c1-10(19)18-13(9-14(20)17-8-7-16-2)11-3-5-12(15)6-4-11/h3-6,13,16H,7-9H2,1-2H3,(H,17,20)(H,18,19). The van der Waals surface area contributed by atoms with Crippen molar-refractivity contribution in [3.05, 3.63) is 34.9 Å². The van der Waals surface area contributed by atoms with E-state index < -0.39 is 0 Å². The molecule has 2 amide bonds. The molecule has 0 aliphatic carbocycles. The fourth-order valence-electron chi connectivity index (χ4n) is 1.78. The van der Waals surface area contributed by atoms with Crippen molar-refractivity contribution >= 4 is 23.4 Å². The van der Waals surface area contributed by atoms with Crippen molar-refractivity contribution in [3.8, 4) is 0 Å². The molecule has 6 heteroatoms. The zero-order valence-corrected chi connectivity index (χ0v) is 12.5. The van der Waals surface area contributed by atoms with E-state index >= 15 is 0 Å². The van der Waals surface area contributed by atoms with Crippen LogP contribution in [-0.2, 0) is 9.59 Å². The van der Waals surface area contributed by atoms with E-state index in [1.54, 1.807) is 12.1 Å². The second kappa shape index (κ2) is 8.55. The molecule has 0 aromatic heterocycles. The molecule has 0 saturated heterocycles. The molecule has 0 aliphatic heterocycles. The highest BCUT2D eigenvalue weighted by Crippen LogP contribution is 2.19. The lowest BCUT2D eigenvalue weighted by atomic mass is 10.0. The molecule has 1 atom stereocenters. The molecule has 0 bridgehead atoms. The zero-order chi connectivity index (χ0) is 15.0. The summed E-state index contributed by atoms with van der Waals surface area (Å²) in [6.45, 7) is 2.70. The Morgan fingerprint density at radius 2 is 1.85 bits per heavy atom. The first-order valence-corrected chi connectivity index (χ1v) is 6.84. The number of hydrogen-bond acceptors (Lipinski definition) is 3. The molecule has 0 aliphatic rings. The van der Waals surface area contributed by atoms with Gasteiger partial charge in [0, 0.05) is 25.0 Å². The van der Waals surface area contributed by atoms with Crippen molar-refractivity contribution in [2.75, 3.05) is 20.1 Å². The van der Waals surface area contributed by atoms with Gasteiger partial charge in [-0.15, -0.1) is 0 Å². The molecular weight excluding hydrogens is 278 g/mol. The summed E-state index contributed by atoms with van der Waals surface area (Å²) < 4.78 is 0. The van der Waals surface area contributed by atoms with Gasteiger partial charge in [0.05, 0.1) is 12.5 Å². The first-order valence-electron chi connectivity index (χ1n) is 6.46. The van der Waals surface area contributed by atoms with Crippen molar-refractivity contribution in [2.24, 2.45) is 0 Å². The number of amides is 2. The summed E-state index contributed by atoms with van der Waals surface area (Å²) >= 11 is 5.84. The molecule has 0 fully saturated rings. The van der Waals surface area contributed by atoms with Gasteiger partial charge in [-0.25, -0.2) is 0 Å². The number of rotatable bonds is 7. The summed E-state index contributed by atoms with van der Waals surface area (Å²) in [5.74, 6) is -0.276. The Labute approximate surface area is 124 Å². The number of benzene rings is 1. The number of likely N-dealkylation sites (N-methyl/N-ethyl adjacent to an activating group) is 1. The third-order valence-electron chi connectivity index (χ3n) is 2.74. The van der Waals surface area contributed by atoms with Crippen LogP contribution in [0.3, 0.4) is 0 Å². The van der Waals surface area contributed by atoms with Crippen molar-refractivity contribution in [3.63, 3.8) is 0 Å². The van der Waals surface area contributed by atoms with Gasteiger partial charge in [-0.1, -0.05) is 23.7 Å². The summed E-state index contributed by atoms with van der Waals surface area (Å²) in [5.41, 5.74) is 0.855. The van der Waals surface area contributed by atoms with E-state index in [9.17, 15) is 9.59 Å². The van der Waals surface area contributed by atoms with Crippen LogP contribution in [0.5, 0.6) is 0 Å². The van der Waals surface area contributed by atoms with Gasteiger partial charge in [0.1, 0.15) is 0 Å². The van der Waals surface area contributed by atoms with Crippen LogP contribution in [-0.4, -0.2) is 32.0 Å². The minimum Gasteiger partial charge on any atom is -0.355 e. The van der Waals surface area contributed by atoms with E-state index in [1.165, 1.54) is 6.92 Å². The van der Waals surface area contributed by atoms with E-state index in [0.29, 0.717) is 18.1 Å². The molecule has 5 nitrogen and oxygen atoms in total. The number of halogens is 1. The maximum atomic E-state index is 11.8. The SMILES string of the molecule is CNCCNC(=O)CC(NC(C)=O)c1ccc(Cl)cc1. The number of nitrogens with one attached hydrogen (secondary N) is 3. The summed E-state index contributed by atoms with van der Waals surface area (Å²) in [6.07, 6.45) is 0.199. The molecule has 0 heterocycles. The van der Waals surface area contributed by atoms with Gasteiger partial charge < -0.3 is 16.0 Å². The Balaban J connectivity index is 2.67. The van der Waals surface area contributed by atoms with Crippen molar-refractivity contribution in [2.45, 2.75) is 19.4 Å². The maximum Gasteiger partial charge on any atom is 0.222 e. The Kier molecular flexibility index (Phi) is 7.04. The van der Waals surface area contributed by atoms with Gasteiger partial charge in [0.25, 0.3) is 0 Å². The van der Waals surface area contributed by atoms with Crippen LogP contribution >= 0.6 is 11.6 Å². The Hall–Kier alpha value is -1.59. The third kappa shape index (κ3) is 6.04. The average molecular weight is 298 g/mol. The minimum atomic E-state index is -0.348. The largest absolute Gasteiger partial charge is 0.355 e. The van der Waals surface area contributed by atoms with E-state index in [0.717, 1.165) is 5.56 Å². The van der Waals surface area contributed by atoms with Crippen LogP contribution < -0.4 is 16.0 Å². The second-order valence-electron chi connectivity index (χ2n) is 4.46. The predicted octanol–water partition coefficient (Wildman–Crippen LogP) is 1.24. The first kappa shape index (κ1) is 16.5. The monoisotopic (exact) mass is 297 g/mol. The van der Waals surface area contributed by atoms with Gasteiger partial charge >= 0.3 is 0 Å². The van der Waals surface area contributed by atoms with Gasteiger partial charge in [0.2, 0.25) is 11.8 Å². The predicted molar refractivity (Wildman–Crippen MR) is 79.6 cm³/mol. The highest BCUT2D eigenvalue weighted by atomic mass is 35.5. The van der Waals surface area contributed by atoms with Gasteiger partial charge in [0.15, 0.2) is 0 Å². The minimum absolute atomic E-state index is 0.103. The number of carbonyl (C=O) groups is 2. The van der Waals surface area contributed by atoms with Crippen LogP contribution in [0.1, 0.15) is 24.9 Å². The second-order valence-corrected chi connectivity index (χ2v) is 4.90. The normalized spacial score (nSPS) is 11.8. The molecule has 110 valence electrons. The van der Waals surface area contributed by atoms with E-state index in [-0.39, 0.29) is 24.3 Å². The Morgan fingerprint density at radius 1 is 1.20 bits per heavy atom. The lowest BCUT2D eigenvalue weighted by Crippen LogP contribution is -2.35. The van der Waals surface area contributed by atoms with Crippen LogP contribution in [0.15, 0.2) is 24.3 Å². The molecule has 0 saturated carbocycles. The zero-order valence-electron chi connectivity index (χ0n) is 11.7. The number of hydrogen-bond donors (Lipinski definition) is 3. The quantitative estimate of drug-likeness (QED) is 0.663. The fraction of sp³-hybridized carbons (Fsp3) is 0.429. The average Bonchev–Trinajstić information content (AvgIpc) is 2.38. The lowest BCUT2D eigenvalue weighted by molar-refractivity contribution is -0.122. The van der Waals surface area contributed by atoms with Crippen molar-refractivity contribution < 1.29 is 9.59 Å². The number of carbonyl (C=O) groups excluding carboxylic acids is 2. The van der Waals surface area contributed by atoms with E-state index in [1.807, 2.05) is 19.2 Å². The van der Waals surface area contributed by atoms with Crippen LogP contribution in [0, 0.1) is 0 Å². The van der Waals surface area contributed by atoms with Gasteiger partial charge in [-0.05, 0) is 24.7 Å². The van der Waals surface area contributed by atoms with Crippen molar-refractivity contribution in [1.82, 2.24) is 16.0 Å². The molecule has 3 N–H and O–H groups in total. The molecular formula is C14H20ClN3O2. The maximum absolute atomic E-state index is 11.8. The summed E-state index contributed by atoms with van der Waals surface area (Å²) in [7, 11) is 1.82. The van der Waals surface area contributed by atoms with Crippen molar-refractivity contribution in [1.29, 1.82) is 0 Å². The van der Waals surface area contributed by atoms with Crippen LogP contribution in [0.4, 0.5) is 0 Å². The highest BCUT2D eigenvalue weighted by Gasteiger charge is 2.16. The third-order valence-corrected chi connectivity index (χ3v) is 2.99. The summed E-state index contributed by atoms with van der Waals surface area (Å²) in [6, 6.07) is 6.75. The van der Waals surface area contributed by atoms with Crippen LogP contribution in [0.25, 0.3) is 0 Å². The summed E-state index contributed by atoms with van der Waals surface area (Å²) in [5, 5.41) is 9.13. The Morgan fingerprint density at radius 3 is 2.40 bits per heavy atom. The van der Waals surface area contributed by atoms with Gasteiger partial charge in [-0.2, -0.15) is 0 Å². The molecule has 0 radical (unpaired) electrons. The first-order chi connectivity index (χ1) is 9.52. The highest BCUT2D eigenvalue weighted by molar-refractivity contribution is 6.30. The Bertz CT molecular complexity index is 448. The van der Waals surface area contributed by atoms with E-state index in [4.69, 9.17) is 11.6 Å². The smallest absolute Gasteiger partial charge is 0.222 e.